The van der Waals surface area contributed by atoms with Gasteiger partial charge in [0.2, 0.25) is 0 Å². The van der Waals surface area contributed by atoms with Crippen LogP contribution in [0.15, 0.2) is 59.0 Å². The van der Waals surface area contributed by atoms with Gasteiger partial charge < -0.3 is 9.15 Å². The van der Waals surface area contributed by atoms with Crippen molar-refractivity contribution >= 4 is 70.4 Å². The Hall–Kier alpha value is -0.820. The molecule has 0 N–H and O–H groups in total. The van der Waals surface area contributed by atoms with Crippen LogP contribution in [0.5, 0.6) is 5.75 Å². The van der Waals surface area contributed by atoms with Crippen LogP contribution in [0.4, 0.5) is 0 Å². The van der Waals surface area contributed by atoms with Gasteiger partial charge in [0, 0.05) is 26.5 Å². The maximum Gasteiger partial charge on any atom is 0.336 e. The van der Waals surface area contributed by atoms with Crippen LogP contribution in [-0.2, 0) is 6.61 Å². The Morgan fingerprint density at radius 1 is 1.04 bits per heavy atom. The summed E-state index contributed by atoms with van der Waals surface area (Å²) < 4.78 is 13.6. The molecule has 7 heteroatoms. The second-order valence-electron chi connectivity index (χ2n) is 4.72. The summed E-state index contributed by atoms with van der Waals surface area (Å²) >= 11 is 16.4. The lowest BCUT2D eigenvalue weighted by molar-refractivity contribution is 0.302. The van der Waals surface area contributed by atoms with Crippen LogP contribution in [-0.4, -0.2) is 0 Å². The molecule has 0 saturated carbocycles. The van der Waals surface area contributed by atoms with E-state index in [0.29, 0.717) is 21.9 Å². The van der Waals surface area contributed by atoms with Crippen LogP contribution in [0.3, 0.4) is 0 Å². The number of halogens is 4. The Morgan fingerprint density at radius 2 is 1.74 bits per heavy atom. The summed E-state index contributed by atoms with van der Waals surface area (Å²) in [6, 6.07) is 10.3. The third-order valence-electron chi connectivity index (χ3n) is 3.13. The molecule has 3 aromatic rings. The molecule has 1 aromatic heterocycles. The van der Waals surface area contributed by atoms with Crippen LogP contribution in [0.2, 0.25) is 5.02 Å². The SMILES string of the molecule is O=c1cc(COc2c(Br)cc(Br)cc2Br)c2cc(Cl)ccc2o1. The molecule has 0 aliphatic carbocycles. The van der Waals surface area contributed by atoms with Gasteiger partial charge >= 0.3 is 5.63 Å². The van der Waals surface area contributed by atoms with Gasteiger partial charge in [-0.05, 0) is 62.2 Å². The largest absolute Gasteiger partial charge is 0.487 e. The molecular formula is C16H8Br3ClO3. The fraction of sp³-hybridized carbons (Fsp3) is 0.0625. The van der Waals surface area contributed by atoms with Crippen LogP contribution in [0, 0.1) is 0 Å². The highest BCUT2D eigenvalue weighted by atomic mass is 79.9. The van der Waals surface area contributed by atoms with Gasteiger partial charge in [0.05, 0.1) is 8.95 Å². The molecule has 3 nitrogen and oxygen atoms in total. The van der Waals surface area contributed by atoms with Gasteiger partial charge in [0.1, 0.15) is 17.9 Å². The molecule has 0 aliphatic heterocycles. The molecule has 0 amide bonds. The Labute approximate surface area is 162 Å². The standard InChI is InChI=1S/C16H8Br3ClO3/c17-9-4-12(18)16(13(19)5-9)22-7-8-3-15(21)23-14-2-1-10(20)6-11(8)14/h1-6H,7H2. The summed E-state index contributed by atoms with van der Waals surface area (Å²) in [6.07, 6.45) is 0. The Balaban J connectivity index is 1.99. The molecule has 2 aromatic carbocycles. The molecule has 0 bridgehead atoms. The highest BCUT2D eigenvalue weighted by Crippen LogP contribution is 2.37. The van der Waals surface area contributed by atoms with Gasteiger partial charge in [-0.25, -0.2) is 4.79 Å². The minimum absolute atomic E-state index is 0.210. The summed E-state index contributed by atoms with van der Waals surface area (Å²) in [5, 5.41) is 1.32. The van der Waals surface area contributed by atoms with E-state index in [2.05, 4.69) is 47.8 Å². The third-order valence-corrected chi connectivity index (χ3v) is 5.00. The second-order valence-corrected chi connectivity index (χ2v) is 7.78. The number of benzene rings is 2. The van der Waals surface area contributed by atoms with E-state index in [9.17, 15) is 4.79 Å². The Kier molecular flexibility index (Phi) is 5.16. The van der Waals surface area contributed by atoms with Crippen molar-refractivity contribution < 1.29 is 9.15 Å². The van der Waals surface area contributed by atoms with Gasteiger partial charge in [-0.3, -0.25) is 0 Å². The zero-order valence-electron chi connectivity index (χ0n) is 11.4. The number of ether oxygens (including phenoxy) is 1. The predicted molar refractivity (Wildman–Crippen MR) is 101 cm³/mol. The number of hydrogen-bond donors (Lipinski definition) is 0. The van der Waals surface area contributed by atoms with E-state index in [1.165, 1.54) is 6.07 Å². The fourth-order valence-electron chi connectivity index (χ4n) is 2.14. The monoisotopic (exact) mass is 520 g/mol. The van der Waals surface area contributed by atoms with E-state index >= 15 is 0 Å². The molecule has 0 saturated heterocycles. The van der Waals surface area contributed by atoms with Crippen LogP contribution >= 0.6 is 59.4 Å². The first-order chi connectivity index (χ1) is 10.9. The molecule has 0 fully saturated rings. The van der Waals surface area contributed by atoms with Crippen molar-refractivity contribution in [3.05, 3.63) is 70.8 Å². The van der Waals surface area contributed by atoms with E-state index in [0.717, 1.165) is 18.8 Å². The smallest absolute Gasteiger partial charge is 0.336 e. The first kappa shape index (κ1) is 17.0. The highest BCUT2D eigenvalue weighted by molar-refractivity contribution is 9.11. The average Bonchev–Trinajstić information content (AvgIpc) is 2.46. The summed E-state index contributed by atoms with van der Waals surface area (Å²) in [6.45, 7) is 0.210. The van der Waals surface area contributed by atoms with Crippen molar-refractivity contribution in [2.45, 2.75) is 6.61 Å². The van der Waals surface area contributed by atoms with Crippen molar-refractivity contribution in [3.8, 4) is 5.75 Å². The van der Waals surface area contributed by atoms with Gasteiger partial charge in [0.25, 0.3) is 0 Å². The van der Waals surface area contributed by atoms with Crippen molar-refractivity contribution in [2.75, 3.05) is 0 Å². The van der Waals surface area contributed by atoms with Crippen molar-refractivity contribution in [1.82, 2.24) is 0 Å². The molecule has 0 unspecified atom stereocenters. The summed E-state index contributed by atoms with van der Waals surface area (Å²) in [5.41, 5.74) is 0.766. The fourth-order valence-corrected chi connectivity index (χ4v) is 4.80. The van der Waals surface area contributed by atoms with E-state index in [1.807, 2.05) is 12.1 Å². The second kappa shape index (κ2) is 6.97. The highest BCUT2D eigenvalue weighted by Gasteiger charge is 2.11. The van der Waals surface area contributed by atoms with Gasteiger partial charge in [-0.1, -0.05) is 27.5 Å². The summed E-state index contributed by atoms with van der Waals surface area (Å²) in [4.78, 5) is 11.7. The molecule has 118 valence electrons. The molecular weight excluding hydrogens is 515 g/mol. The van der Waals surface area contributed by atoms with Gasteiger partial charge in [-0.15, -0.1) is 0 Å². The van der Waals surface area contributed by atoms with E-state index < -0.39 is 5.63 Å². The first-order valence-electron chi connectivity index (χ1n) is 6.43. The molecule has 3 rings (SSSR count). The zero-order valence-corrected chi connectivity index (χ0v) is 16.9. The minimum atomic E-state index is -0.424. The molecule has 0 spiro atoms. The topological polar surface area (TPSA) is 39.4 Å². The third kappa shape index (κ3) is 3.82. The normalized spacial score (nSPS) is 11.0. The zero-order chi connectivity index (χ0) is 16.6. The molecule has 0 radical (unpaired) electrons. The van der Waals surface area contributed by atoms with Crippen molar-refractivity contribution in [1.29, 1.82) is 0 Å². The lowest BCUT2D eigenvalue weighted by Crippen LogP contribution is -2.04. The van der Waals surface area contributed by atoms with Gasteiger partial charge in [-0.2, -0.15) is 0 Å². The lowest BCUT2D eigenvalue weighted by Gasteiger charge is -2.12. The van der Waals surface area contributed by atoms with Crippen molar-refractivity contribution in [2.24, 2.45) is 0 Å². The molecule has 0 aliphatic rings. The summed E-state index contributed by atoms with van der Waals surface area (Å²) in [7, 11) is 0. The number of hydrogen-bond acceptors (Lipinski definition) is 3. The van der Waals surface area contributed by atoms with Crippen LogP contribution in [0.25, 0.3) is 11.0 Å². The van der Waals surface area contributed by atoms with E-state index in [4.69, 9.17) is 20.8 Å². The van der Waals surface area contributed by atoms with Crippen LogP contribution < -0.4 is 10.4 Å². The average molecular weight is 523 g/mol. The Morgan fingerprint density at radius 3 is 2.43 bits per heavy atom. The molecule has 1 heterocycles. The summed E-state index contributed by atoms with van der Waals surface area (Å²) in [5.74, 6) is 0.650. The maximum atomic E-state index is 11.7. The van der Waals surface area contributed by atoms with E-state index in [1.54, 1.807) is 18.2 Å². The van der Waals surface area contributed by atoms with Crippen LogP contribution in [0.1, 0.15) is 5.56 Å². The minimum Gasteiger partial charge on any atom is -0.487 e. The van der Waals surface area contributed by atoms with Crippen molar-refractivity contribution in [3.63, 3.8) is 0 Å². The molecule has 0 atom stereocenters. The quantitative estimate of drug-likeness (QED) is 0.378. The van der Waals surface area contributed by atoms with Gasteiger partial charge in [0.15, 0.2) is 0 Å². The molecule has 23 heavy (non-hydrogen) atoms. The number of rotatable bonds is 3. The lowest BCUT2D eigenvalue weighted by atomic mass is 10.1. The first-order valence-corrected chi connectivity index (χ1v) is 9.19. The predicted octanol–water partition coefficient (Wildman–Crippen LogP) is 6.31. The maximum absolute atomic E-state index is 11.7. The number of fused-ring (bicyclic) bond motifs is 1. The van der Waals surface area contributed by atoms with E-state index in [-0.39, 0.29) is 6.61 Å². The Bertz CT molecular complexity index is 930.